The fourth-order valence-corrected chi connectivity index (χ4v) is 4.44. The second kappa shape index (κ2) is 7.86. The van der Waals surface area contributed by atoms with Gasteiger partial charge in [0.05, 0.1) is 13.5 Å². The summed E-state index contributed by atoms with van der Waals surface area (Å²) < 4.78 is 16.6. The minimum Gasteiger partial charge on any atom is -0.507 e. The number of rotatable bonds is 3. The monoisotopic (exact) mass is 464 g/mol. The van der Waals surface area contributed by atoms with Crippen LogP contribution in [0.15, 0.2) is 63.8 Å². The van der Waals surface area contributed by atoms with Crippen LogP contribution < -0.4 is 14.9 Å². The highest BCUT2D eigenvalue weighted by Crippen LogP contribution is 2.47. The first-order valence-electron chi connectivity index (χ1n) is 10.0. The van der Waals surface area contributed by atoms with Crippen LogP contribution in [0.3, 0.4) is 0 Å². The summed E-state index contributed by atoms with van der Waals surface area (Å²) in [6, 6.07) is 14.1. The molecule has 1 aliphatic rings. The van der Waals surface area contributed by atoms with Crippen LogP contribution in [0.5, 0.6) is 23.0 Å². The zero-order valence-electron chi connectivity index (χ0n) is 17.3. The van der Waals surface area contributed by atoms with Crippen LogP contribution in [0, 0.1) is 0 Å². The third-order valence-corrected chi connectivity index (χ3v) is 6.01. The molecule has 0 spiro atoms. The van der Waals surface area contributed by atoms with E-state index >= 15 is 0 Å². The number of benzene rings is 3. The number of aromatic hydroxyl groups is 2. The predicted molar refractivity (Wildman–Crippen MR) is 121 cm³/mol. The van der Waals surface area contributed by atoms with E-state index in [2.05, 4.69) is 0 Å². The van der Waals surface area contributed by atoms with Crippen LogP contribution in [0.1, 0.15) is 23.5 Å². The van der Waals surface area contributed by atoms with E-state index in [4.69, 9.17) is 25.5 Å². The number of hydrogen-bond donors (Lipinski definition) is 2. The smallest absolute Gasteiger partial charge is 0.312 e. The number of methoxy groups -OCH3 is 1. The van der Waals surface area contributed by atoms with Gasteiger partial charge < -0.3 is 24.1 Å². The lowest BCUT2D eigenvalue weighted by atomic mass is 9.85. The van der Waals surface area contributed by atoms with Crippen molar-refractivity contribution in [2.45, 2.75) is 12.3 Å². The van der Waals surface area contributed by atoms with Crippen LogP contribution >= 0.6 is 11.6 Å². The molecule has 0 bridgehead atoms. The van der Waals surface area contributed by atoms with E-state index in [-0.39, 0.29) is 46.1 Å². The number of phenols is 2. The molecular weight excluding hydrogens is 448 g/mol. The number of carbonyl (C=O) groups excluding carboxylic acids is 1. The third kappa shape index (κ3) is 3.47. The van der Waals surface area contributed by atoms with Crippen molar-refractivity contribution in [3.8, 4) is 34.3 Å². The van der Waals surface area contributed by atoms with Crippen molar-refractivity contribution in [3.05, 3.63) is 81.0 Å². The number of ether oxygens (including phenoxy) is 2. The summed E-state index contributed by atoms with van der Waals surface area (Å²) in [5.74, 6) is -1.02. The molecule has 7 nitrogen and oxygen atoms in total. The maximum atomic E-state index is 13.0. The zero-order chi connectivity index (χ0) is 23.3. The second-order valence-electron chi connectivity index (χ2n) is 7.63. The number of fused-ring (bicyclic) bond motifs is 3. The molecule has 166 valence electrons. The molecule has 0 aliphatic carbocycles. The number of hydrogen-bond acceptors (Lipinski definition) is 7. The molecule has 0 amide bonds. The standard InChI is InChI=1S/C25H17ClO7/c1-31-19-7-6-12(8-16(19)27)20-10-17(28)24-18(29)11-21-23(25(24)33-20)14(9-22(30)32-21)13-4-2-3-5-15(13)26/h2-8,10-11,14,27,29H,9H2,1H3/t14-/m0/s1. The van der Waals surface area contributed by atoms with E-state index in [9.17, 15) is 19.8 Å². The first kappa shape index (κ1) is 20.9. The highest BCUT2D eigenvalue weighted by molar-refractivity contribution is 6.31. The summed E-state index contributed by atoms with van der Waals surface area (Å²) in [6.07, 6.45) is -0.0200. The molecule has 1 aromatic heterocycles. The molecule has 1 atom stereocenters. The average Bonchev–Trinajstić information content (AvgIpc) is 2.78. The largest absolute Gasteiger partial charge is 0.507 e. The fraction of sp³-hybridized carbons (Fsp3) is 0.120. The summed E-state index contributed by atoms with van der Waals surface area (Å²) in [5.41, 5.74) is 1.12. The Morgan fingerprint density at radius 1 is 1.03 bits per heavy atom. The van der Waals surface area contributed by atoms with Crippen molar-refractivity contribution in [3.63, 3.8) is 0 Å². The van der Waals surface area contributed by atoms with E-state index in [1.54, 1.807) is 36.4 Å². The summed E-state index contributed by atoms with van der Waals surface area (Å²) in [6.45, 7) is 0. The van der Waals surface area contributed by atoms with Gasteiger partial charge in [0.1, 0.15) is 28.2 Å². The average molecular weight is 465 g/mol. The number of esters is 1. The minimum atomic E-state index is -0.555. The Bertz CT molecular complexity index is 1490. The molecule has 0 fully saturated rings. The Labute approximate surface area is 192 Å². The topological polar surface area (TPSA) is 106 Å². The lowest BCUT2D eigenvalue weighted by Gasteiger charge is -2.26. The molecule has 0 radical (unpaired) electrons. The van der Waals surface area contributed by atoms with Gasteiger partial charge in [-0.15, -0.1) is 0 Å². The Hall–Kier alpha value is -3.97. The van der Waals surface area contributed by atoms with Crippen molar-refractivity contribution in [1.82, 2.24) is 0 Å². The molecule has 5 rings (SSSR count). The van der Waals surface area contributed by atoms with Crippen LogP contribution in [0.25, 0.3) is 22.3 Å². The van der Waals surface area contributed by atoms with Gasteiger partial charge in [0.25, 0.3) is 0 Å². The van der Waals surface area contributed by atoms with Crippen molar-refractivity contribution in [2.75, 3.05) is 7.11 Å². The molecule has 0 unspecified atom stereocenters. The van der Waals surface area contributed by atoms with Gasteiger partial charge in [0, 0.05) is 34.2 Å². The third-order valence-electron chi connectivity index (χ3n) is 5.67. The number of halogens is 1. The number of phenolic OH excluding ortho intramolecular Hbond substituents is 2. The molecule has 0 saturated carbocycles. The van der Waals surface area contributed by atoms with E-state index in [1.807, 2.05) is 0 Å². The molecule has 4 aromatic rings. The van der Waals surface area contributed by atoms with Gasteiger partial charge in [-0.25, -0.2) is 0 Å². The molecule has 2 heterocycles. The van der Waals surface area contributed by atoms with E-state index < -0.39 is 17.3 Å². The van der Waals surface area contributed by atoms with Crippen LogP contribution in [-0.2, 0) is 4.79 Å². The second-order valence-corrected chi connectivity index (χ2v) is 8.03. The van der Waals surface area contributed by atoms with E-state index in [1.165, 1.54) is 25.3 Å². The molecule has 1 aliphatic heterocycles. The van der Waals surface area contributed by atoms with E-state index in [0.29, 0.717) is 21.7 Å². The van der Waals surface area contributed by atoms with Gasteiger partial charge >= 0.3 is 5.97 Å². The van der Waals surface area contributed by atoms with Gasteiger partial charge in [-0.1, -0.05) is 29.8 Å². The maximum absolute atomic E-state index is 13.0. The van der Waals surface area contributed by atoms with Gasteiger partial charge in [0.2, 0.25) is 0 Å². The maximum Gasteiger partial charge on any atom is 0.312 e. The Kier molecular flexibility index (Phi) is 4.98. The first-order chi connectivity index (χ1) is 15.9. The molecule has 3 aromatic carbocycles. The Morgan fingerprint density at radius 2 is 1.82 bits per heavy atom. The summed E-state index contributed by atoms with van der Waals surface area (Å²) in [7, 11) is 1.43. The van der Waals surface area contributed by atoms with Crippen molar-refractivity contribution in [1.29, 1.82) is 0 Å². The Morgan fingerprint density at radius 3 is 2.55 bits per heavy atom. The molecule has 2 N–H and O–H groups in total. The van der Waals surface area contributed by atoms with Crippen LogP contribution in [0.2, 0.25) is 5.02 Å². The van der Waals surface area contributed by atoms with E-state index in [0.717, 1.165) is 0 Å². The van der Waals surface area contributed by atoms with Crippen LogP contribution in [0.4, 0.5) is 0 Å². The van der Waals surface area contributed by atoms with Gasteiger partial charge in [-0.3, -0.25) is 9.59 Å². The first-order valence-corrected chi connectivity index (χ1v) is 10.4. The predicted octanol–water partition coefficient (Wildman–Crippen LogP) is 4.97. The summed E-state index contributed by atoms with van der Waals surface area (Å²) >= 11 is 6.43. The van der Waals surface area contributed by atoms with Crippen molar-refractivity contribution >= 4 is 28.5 Å². The van der Waals surface area contributed by atoms with Crippen LogP contribution in [-0.4, -0.2) is 23.3 Å². The Balaban J connectivity index is 1.81. The number of carbonyl (C=O) groups is 1. The van der Waals surface area contributed by atoms with Crippen molar-refractivity contribution in [2.24, 2.45) is 0 Å². The molecule has 0 saturated heterocycles. The SMILES string of the molecule is COc1ccc(-c2cc(=O)c3c(O)cc4c(c3o2)[C@H](c2ccccc2Cl)CC(=O)O4)cc1O. The van der Waals surface area contributed by atoms with Gasteiger partial charge in [-0.2, -0.15) is 0 Å². The van der Waals surface area contributed by atoms with Gasteiger partial charge in [-0.05, 0) is 29.8 Å². The fourth-order valence-electron chi connectivity index (χ4n) is 4.17. The van der Waals surface area contributed by atoms with Crippen molar-refractivity contribution < 1.29 is 28.9 Å². The lowest BCUT2D eigenvalue weighted by Crippen LogP contribution is -2.22. The molecular formula is C25H17ClO7. The summed E-state index contributed by atoms with van der Waals surface area (Å²) in [4.78, 5) is 25.4. The highest BCUT2D eigenvalue weighted by Gasteiger charge is 2.34. The zero-order valence-corrected chi connectivity index (χ0v) is 18.1. The minimum absolute atomic E-state index is 0.0200. The highest BCUT2D eigenvalue weighted by atomic mass is 35.5. The summed E-state index contributed by atoms with van der Waals surface area (Å²) in [5, 5.41) is 21.1. The lowest BCUT2D eigenvalue weighted by molar-refractivity contribution is -0.135. The normalized spacial score (nSPS) is 15.2. The quantitative estimate of drug-likeness (QED) is 0.325. The molecule has 33 heavy (non-hydrogen) atoms. The molecule has 8 heteroatoms. The van der Waals surface area contributed by atoms with Gasteiger partial charge in [0.15, 0.2) is 16.9 Å².